The van der Waals surface area contributed by atoms with Crippen LogP contribution in [0.4, 0.5) is 18.9 Å². The van der Waals surface area contributed by atoms with Gasteiger partial charge in [0.1, 0.15) is 16.6 Å². The summed E-state index contributed by atoms with van der Waals surface area (Å²) in [6.45, 7) is 1.91. The predicted molar refractivity (Wildman–Crippen MR) is 86.0 cm³/mol. The first kappa shape index (κ1) is 18.5. The van der Waals surface area contributed by atoms with E-state index in [1.165, 1.54) is 17.7 Å². The summed E-state index contributed by atoms with van der Waals surface area (Å²) in [4.78, 5) is 12.3. The number of carbonyl (C=O) groups is 1. The van der Waals surface area contributed by atoms with Crippen LogP contribution < -0.4 is 10.1 Å². The monoisotopic (exact) mass is 380 g/mol. The van der Waals surface area contributed by atoms with Crippen LogP contribution in [-0.4, -0.2) is 17.1 Å². The molecule has 0 aliphatic heterocycles. The van der Waals surface area contributed by atoms with Crippen molar-refractivity contribution < 1.29 is 22.7 Å². The van der Waals surface area contributed by atoms with Gasteiger partial charge in [-0.2, -0.15) is 13.2 Å². The van der Waals surface area contributed by atoms with Gasteiger partial charge in [0.15, 0.2) is 0 Å². The summed E-state index contributed by atoms with van der Waals surface area (Å²) in [5, 5.41) is 2.72. The molecule has 0 atom stereocenters. The van der Waals surface area contributed by atoms with Crippen molar-refractivity contribution in [2.75, 3.05) is 11.9 Å². The minimum Gasteiger partial charge on any atom is -0.492 e. The molecule has 1 aromatic heterocycles. The molecule has 130 valence electrons. The van der Waals surface area contributed by atoms with Gasteiger partial charge in [0.25, 0.3) is 5.91 Å². The van der Waals surface area contributed by atoms with E-state index in [-0.39, 0.29) is 33.9 Å². The molecule has 0 unspecified atom stereocenters. The van der Waals surface area contributed by atoms with Gasteiger partial charge in [-0.3, -0.25) is 4.79 Å². The Balaban J connectivity index is 2.39. The summed E-state index contributed by atoms with van der Waals surface area (Å²) in [7, 11) is 1.51. The molecule has 0 radical (unpaired) electrons. The summed E-state index contributed by atoms with van der Waals surface area (Å²) >= 11 is 11.7. The van der Waals surface area contributed by atoms with Gasteiger partial charge in [0, 0.05) is 7.05 Å². The second kappa shape index (κ2) is 6.94. The third-order valence-electron chi connectivity index (χ3n) is 3.20. The average molecular weight is 381 g/mol. The van der Waals surface area contributed by atoms with E-state index in [0.29, 0.717) is 0 Å². The Bertz CT molecular complexity index is 773. The van der Waals surface area contributed by atoms with Crippen molar-refractivity contribution in [3.05, 3.63) is 45.7 Å². The fourth-order valence-corrected chi connectivity index (χ4v) is 2.41. The number of alkyl halides is 3. The van der Waals surface area contributed by atoms with Crippen LogP contribution in [0.5, 0.6) is 5.75 Å². The summed E-state index contributed by atoms with van der Waals surface area (Å²) in [5.41, 5.74) is -0.890. The minimum atomic E-state index is -4.54. The number of nitrogens with zero attached hydrogens (tertiary/aromatic N) is 1. The van der Waals surface area contributed by atoms with Crippen LogP contribution in [0.1, 0.15) is 23.0 Å². The zero-order valence-electron chi connectivity index (χ0n) is 12.7. The lowest BCUT2D eigenvalue weighted by atomic mass is 10.1. The summed E-state index contributed by atoms with van der Waals surface area (Å²) < 4.78 is 45.2. The standard InChI is InChI=1S/C15H13Cl2F3N2O2/c1-3-24-12-5-4-8(15(18,19)20)6-10(12)21-14(23)11-7-9(16)13(17)22(11)2/h4-7H,3H2,1-2H3,(H,21,23). The SMILES string of the molecule is CCOc1ccc(C(F)(F)F)cc1NC(=O)c1cc(Cl)c(Cl)n1C. The number of anilines is 1. The highest BCUT2D eigenvalue weighted by atomic mass is 35.5. The number of ether oxygens (including phenoxy) is 1. The molecule has 1 heterocycles. The molecule has 0 aliphatic rings. The van der Waals surface area contributed by atoms with E-state index in [1.54, 1.807) is 6.92 Å². The largest absolute Gasteiger partial charge is 0.492 e. The maximum Gasteiger partial charge on any atom is 0.416 e. The highest BCUT2D eigenvalue weighted by Gasteiger charge is 2.31. The maximum atomic E-state index is 12.9. The van der Waals surface area contributed by atoms with Crippen LogP contribution in [0, 0.1) is 0 Å². The number of hydrogen-bond acceptors (Lipinski definition) is 2. The number of amides is 1. The smallest absolute Gasteiger partial charge is 0.416 e. The first-order chi connectivity index (χ1) is 11.1. The zero-order valence-corrected chi connectivity index (χ0v) is 14.2. The van der Waals surface area contributed by atoms with Gasteiger partial charge < -0.3 is 14.6 Å². The number of nitrogens with one attached hydrogen (secondary N) is 1. The summed E-state index contributed by atoms with van der Waals surface area (Å²) in [6, 6.07) is 4.19. The fourth-order valence-electron chi connectivity index (χ4n) is 2.03. The third kappa shape index (κ3) is 3.79. The molecule has 0 aliphatic carbocycles. The zero-order chi connectivity index (χ0) is 18.1. The summed E-state index contributed by atoms with van der Waals surface area (Å²) in [5.74, 6) is -0.531. The summed E-state index contributed by atoms with van der Waals surface area (Å²) in [6.07, 6.45) is -4.54. The Labute approximate surface area is 146 Å². The lowest BCUT2D eigenvalue weighted by Gasteiger charge is -2.15. The van der Waals surface area contributed by atoms with E-state index in [4.69, 9.17) is 27.9 Å². The molecule has 0 fully saturated rings. The Hall–Kier alpha value is -1.86. The molecule has 0 saturated carbocycles. The predicted octanol–water partition coefficient (Wildman–Crippen LogP) is 5.00. The number of hydrogen-bond donors (Lipinski definition) is 1. The topological polar surface area (TPSA) is 43.3 Å². The van der Waals surface area contributed by atoms with Gasteiger partial charge in [-0.05, 0) is 31.2 Å². The molecule has 4 nitrogen and oxygen atoms in total. The van der Waals surface area contributed by atoms with Crippen molar-refractivity contribution in [3.63, 3.8) is 0 Å². The van der Waals surface area contributed by atoms with Gasteiger partial charge in [0.05, 0.1) is 22.9 Å². The van der Waals surface area contributed by atoms with Crippen LogP contribution in [0.3, 0.4) is 0 Å². The van der Waals surface area contributed by atoms with E-state index >= 15 is 0 Å². The van der Waals surface area contributed by atoms with E-state index in [9.17, 15) is 18.0 Å². The number of aromatic nitrogens is 1. The second-order valence-corrected chi connectivity index (χ2v) is 5.59. The number of rotatable bonds is 4. The minimum absolute atomic E-state index is 0.0925. The van der Waals surface area contributed by atoms with E-state index in [2.05, 4.69) is 5.32 Å². The Morgan fingerprint density at radius 3 is 2.46 bits per heavy atom. The van der Waals surface area contributed by atoms with Crippen molar-refractivity contribution in [1.82, 2.24) is 4.57 Å². The lowest BCUT2D eigenvalue weighted by Crippen LogP contribution is -2.17. The Morgan fingerprint density at radius 2 is 1.96 bits per heavy atom. The van der Waals surface area contributed by atoms with Crippen molar-refractivity contribution in [2.24, 2.45) is 7.05 Å². The molecule has 0 saturated heterocycles. The molecule has 0 spiro atoms. The van der Waals surface area contributed by atoms with Crippen LogP contribution in [-0.2, 0) is 13.2 Å². The van der Waals surface area contributed by atoms with E-state index < -0.39 is 17.6 Å². The van der Waals surface area contributed by atoms with Gasteiger partial charge in [-0.25, -0.2) is 0 Å². The lowest BCUT2D eigenvalue weighted by molar-refractivity contribution is -0.137. The number of carbonyl (C=O) groups excluding carboxylic acids is 1. The molecule has 2 rings (SSSR count). The Kier molecular flexibility index (Phi) is 5.35. The molecule has 2 aromatic rings. The van der Waals surface area contributed by atoms with Gasteiger partial charge in [-0.1, -0.05) is 23.2 Å². The Morgan fingerprint density at radius 1 is 1.29 bits per heavy atom. The number of benzene rings is 1. The van der Waals surface area contributed by atoms with Gasteiger partial charge in [0.2, 0.25) is 0 Å². The first-order valence-electron chi connectivity index (χ1n) is 6.81. The van der Waals surface area contributed by atoms with E-state index in [1.807, 2.05) is 0 Å². The second-order valence-electron chi connectivity index (χ2n) is 4.82. The molecule has 0 bridgehead atoms. The van der Waals surface area contributed by atoms with Gasteiger partial charge >= 0.3 is 6.18 Å². The van der Waals surface area contributed by atoms with Crippen LogP contribution >= 0.6 is 23.2 Å². The van der Waals surface area contributed by atoms with Crippen LogP contribution in [0.2, 0.25) is 10.2 Å². The number of halogens is 5. The fraction of sp³-hybridized carbons (Fsp3) is 0.267. The first-order valence-corrected chi connectivity index (χ1v) is 7.56. The molecule has 1 aromatic carbocycles. The molecular formula is C15H13Cl2F3N2O2. The normalized spacial score (nSPS) is 11.5. The van der Waals surface area contributed by atoms with E-state index in [0.717, 1.165) is 18.2 Å². The highest BCUT2D eigenvalue weighted by Crippen LogP contribution is 2.35. The molecule has 24 heavy (non-hydrogen) atoms. The quantitative estimate of drug-likeness (QED) is 0.810. The molecule has 9 heteroatoms. The molecule has 1 N–H and O–H groups in total. The third-order valence-corrected chi connectivity index (χ3v) is 4.05. The van der Waals surface area contributed by atoms with Gasteiger partial charge in [-0.15, -0.1) is 0 Å². The van der Waals surface area contributed by atoms with Crippen molar-refractivity contribution in [3.8, 4) is 5.75 Å². The van der Waals surface area contributed by atoms with Crippen LogP contribution in [0.15, 0.2) is 24.3 Å². The molecule has 1 amide bonds. The maximum absolute atomic E-state index is 12.9. The average Bonchev–Trinajstić information content (AvgIpc) is 2.76. The van der Waals surface area contributed by atoms with Crippen molar-refractivity contribution >= 4 is 34.8 Å². The molecular weight excluding hydrogens is 368 g/mol. The van der Waals surface area contributed by atoms with Crippen LogP contribution in [0.25, 0.3) is 0 Å². The van der Waals surface area contributed by atoms with Crippen molar-refractivity contribution in [1.29, 1.82) is 0 Å². The highest BCUT2D eigenvalue weighted by molar-refractivity contribution is 6.42. The van der Waals surface area contributed by atoms with Crippen molar-refractivity contribution in [2.45, 2.75) is 13.1 Å².